The van der Waals surface area contributed by atoms with Crippen molar-refractivity contribution in [3.63, 3.8) is 0 Å². The van der Waals surface area contributed by atoms with Gasteiger partial charge in [0.25, 0.3) is 0 Å². The molecule has 7 heteroatoms. The SMILES string of the molecule is CN=C(NCc1ccc(Br)cc1Cl)NCC1CCOC1.I. The van der Waals surface area contributed by atoms with Gasteiger partial charge in [-0.15, -0.1) is 24.0 Å². The number of hydrogen-bond acceptors (Lipinski definition) is 2. The molecule has 1 aromatic rings. The van der Waals surface area contributed by atoms with E-state index in [1.807, 2.05) is 18.2 Å². The van der Waals surface area contributed by atoms with Gasteiger partial charge in [-0.25, -0.2) is 0 Å². The van der Waals surface area contributed by atoms with Gasteiger partial charge in [0, 0.05) is 42.2 Å². The minimum atomic E-state index is 0. The van der Waals surface area contributed by atoms with E-state index < -0.39 is 0 Å². The third kappa shape index (κ3) is 6.30. The summed E-state index contributed by atoms with van der Waals surface area (Å²) in [6, 6.07) is 5.87. The van der Waals surface area contributed by atoms with Crippen molar-refractivity contribution in [1.82, 2.24) is 10.6 Å². The summed E-state index contributed by atoms with van der Waals surface area (Å²) in [6.07, 6.45) is 1.11. The monoisotopic (exact) mass is 487 g/mol. The Balaban J connectivity index is 0.00000220. The van der Waals surface area contributed by atoms with Gasteiger partial charge in [-0.05, 0) is 24.1 Å². The van der Waals surface area contributed by atoms with Gasteiger partial charge >= 0.3 is 0 Å². The number of hydrogen-bond donors (Lipinski definition) is 2. The maximum atomic E-state index is 6.19. The van der Waals surface area contributed by atoms with E-state index in [1.54, 1.807) is 7.05 Å². The van der Waals surface area contributed by atoms with Crippen LogP contribution in [0.3, 0.4) is 0 Å². The Hall–Kier alpha value is -0.0500. The Bertz CT molecular complexity index is 481. The first-order valence-corrected chi connectivity index (χ1v) is 7.82. The molecule has 1 aliphatic heterocycles. The summed E-state index contributed by atoms with van der Waals surface area (Å²) in [6.45, 7) is 3.23. The third-order valence-electron chi connectivity index (χ3n) is 3.27. The lowest BCUT2D eigenvalue weighted by atomic mass is 10.1. The Labute approximate surface area is 156 Å². The highest BCUT2D eigenvalue weighted by molar-refractivity contribution is 14.0. The first-order chi connectivity index (χ1) is 9.69. The fraction of sp³-hybridized carbons (Fsp3) is 0.500. The standard InChI is InChI=1S/C14H19BrClN3O.HI/c1-17-14(18-7-10-4-5-20-9-10)19-8-11-2-3-12(15)6-13(11)16;/h2-3,6,10H,4-5,7-9H2,1H3,(H2,17,18,19);1H. The molecule has 1 aliphatic rings. The van der Waals surface area contributed by atoms with E-state index in [0.717, 1.165) is 47.2 Å². The van der Waals surface area contributed by atoms with Crippen LogP contribution >= 0.6 is 51.5 Å². The van der Waals surface area contributed by atoms with Crippen molar-refractivity contribution in [3.05, 3.63) is 33.3 Å². The van der Waals surface area contributed by atoms with E-state index in [9.17, 15) is 0 Å². The minimum Gasteiger partial charge on any atom is -0.381 e. The Morgan fingerprint density at radius 2 is 2.29 bits per heavy atom. The molecule has 0 radical (unpaired) electrons. The number of ether oxygens (including phenoxy) is 1. The van der Waals surface area contributed by atoms with E-state index in [4.69, 9.17) is 16.3 Å². The zero-order valence-corrected chi connectivity index (χ0v) is 16.5. The van der Waals surface area contributed by atoms with Crippen LogP contribution in [0.4, 0.5) is 0 Å². The molecule has 1 heterocycles. The molecule has 0 saturated carbocycles. The predicted octanol–water partition coefficient (Wildman–Crippen LogP) is 3.42. The molecule has 1 saturated heterocycles. The minimum absolute atomic E-state index is 0. The summed E-state index contributed by atoms with van der Waals surface area (Å²) in [5, 5.41) is 7.33. The van der Waals surface area contributed by atoms with Gasteiger partial charge in [-0.3, -0.25) is 4.99 Å². The molecular formula is C14H20BrClIN3O. The number of aliphatic imine (C=N–C) groups is 1. The van der Waals surface area contributed by atoms with Crippen molar-refractivity contribution >= 4 is 57.5 Å². The van der Waals surface area contributed by atoms with Gasteiger partial charge in [-0.1, -0.05) is 33.6 Å². The first-order valence-electron chi connectivity index (χ1n) is 6.65. The summed E-state index contributed by atoms with van der Waals surface area (Å²) in [7, 11) is 1.77. The summed E-state index contributed by atoms with van der Waals surface area (Å²) >= 11 is 9.59. The Morgan fingerprint density at radius 1 is 1.48 bits per heavy atom. The van der Waals surface area contributed by atoms with E-state index >= 15 is 0 Å². The molecule has 1 unspecified atom stereocenters. The maximum Gasteiger partial charge on any atom is 0.191 e. The molecule has 1 aromatic carbocycles. The Kier molecular flexibility index (Phi) is 8.92. The van der Waals surface area contributed by atoms with Crippen LogP contribution in [0, 0.1) is 5.92 Å². The highest BCUT2D eigenvalue weighted by Crippen LogP contribution is 2.21. The molecule has 0 aromatic heterocycles. The summed E-state index contributed by atoms with van der Waals surface area (Å²) in [5.41, 5.74) is 1.04. The van der Waals surface area contributed by atoms with Crippen LogP contribution in [-0.2, 0) is 11.3 Å². The molecular weight excluding hydrogens is 468 g/mol. The second kappa shape index (κ2) is 9.86. The average molecular weight is 489 g/mol. The number of nitrogens with zero attached hydrogens (tertiary/aromatic N) is 1. The Morgan fingerprint density at radius 3 is 2.90 bits per heavy atom. The fourth-order valence-corrected chi connectivity index (χ4v) is 2.79. The van der Waals surface area contributed by atoms with Crippen molar-refractivity contribution in [2.24, 2.45) is 10.9 Å². The van der Waals surface area contributed by atoms with Crippen LogP contribution in [0.5, 0.6) is 0 Å². The molecule has 0 bridgehead atoms. The van der Waals surface area contributed by atoms with Crippen molar-refractivity contribution in [3.8, 4) is 0 Å². The van der Waals surface area contributed by atoms with Gasteiger partial charge in [-0.2, -0.15) is 0 Å². The number of guanidine groups is 1. The fourth-order valence-electron chi connectivity index (χ4n) is 2.05. The lowest BCUT2D eigenvalue weighted by molar-refractivity contribution is 0.186. The third-order valence-corrected chi connectivity index (χ3v) is 4.11. The summed E-state index contributed by atoms with van der Waals surface area (Å²) in [4.78, 5) is 4.21. The largest absolute Gasteiger partial charge is 0.381 e. The topological polar surface area (TPSA) is 45.7 Å². The number of nitrogens with one attached hydrogen (secondary N) is 2. The molecule has 4 nitrogen and oxygen atoms in total. The zero-order valence-electron chi connectivity index (χ0n) is 11.9. The van der Waals surface area contributed by atoms with E-state index in [2.05, 4.69) is 31.6 Å². The van der Waals surface area contributed by atoms with Crippen molar-refractivity contribution in [2.75, 3.05) is 26.8 Å². The van der Waals surface area contributed by atoms with Crippen LogP contribution < -0.4 is 10.6 Å². The smallest absolute Gasteiger partial charge is 0.191 e. The summed E-state index contributed by atoms with van der Waals surface area (Å²) in [5.74, 6) is 1.36. The second-order valence-corrected chi connectivity index (χ2v) is 6.09. The number of halogens is 3. The summed E-state index contributed by atoms with van der Waals surface area (Å²) < 4.78 is 6.34. The molecule has 118 valence electrons. The predicted molar refractivity (Wildman–Crippen MR) is 102 cm³/mol. The average Bonchev–Trinajstić information content (AvgIpc) is 2.94. The van der Waals surface area contributed by atoms with Gasteiger partial charge < -0.3 is 15.4 Å². The van der Waals surface area contributed by atoms with Gasteiger partial charge in [0.2, 0.25) is 0 Å². The quantitative estimate of drug-likeness (QED) is 0.388. The van der Waals surface area contributed by atoms with Gasteiger partial charge in [0.1, 0.15) is 0 Å². The maximum absolute atomic E-state index is 6.19. The van der Waals surface area contributed by atoms with Gasteiger partial charge in [0.15, 0.2) is 5.96 Å². The van der Waals surface area contributed by atoms with Crippen LogP contribution in [-0.4, -0.2) is 32.8 Å². The molecule has 0 aliphatic carbocycles. The zero-order chi connectivity index (χ0) is 14.4. The highest BCUT2D eigenvalue weighted by atomic mass is 127. The molecule has 21 heavy (non-hydrogen) atoms. The van der Waals surface area contributed by atoms with E-state index in [1.165, 1.54) is 0 Å². The van der Waals surface area contributed by atoms with Crippen LogP contribution in [0.1, 0.15) is 12.0 Å². The first kappa shape index (κ1) is 19.0. The second-order valence-electron chi connectivity index (χ2n) is 4.77. The van der Waals surface area contributed by atoms with Crippen LogP contribution in [0.2, 0.25) is 5.02 Å². The van der Waals surface area contributed by atoms with Crippen LogP contribution in [0.25, 0.3) is 0 Å². The molecule has 2 rings (SSSR count). The van der Waals surface area contributed by atoms with Gasteiger partial charge in [0.05, 0.1) is 6.61 Å². The van der Waals surface area contributed by atoms with Crippen molar-refractivity contribution in [1.29, 1.82) is 0 Å². The van der Waals surface area contributed by atoms with Crippen molar-refractivity contribution < 1.29 is 4.74 Å². The lowest BCUT2D eigenvalue weighted by Gasteiger charge is -2.15. The van der Waals surface area contributed by atoms with E-state index in [-0.39, 0.29) is 24.0 Å². The van der Waals surface area contributed by atoms with Crippen molar-refractivity contribution in [2.45, 2.75) is 13.0 Å². The molecule has 1 atom stereocenters. The van der Waals surface area contributed by atoms with E-state index in [0.29, 0.717) is 12.5 Å². The normalized spacial score (nSPS) is 18.2. The van der Waals surface area contributed by atoms with Crippen LogP contribution in [0.15, 0.2) is 27.7 Å². The highest BCUT2D eigenvalue weighted by Gasteiger charge is 2.15. The number of rotatable bonds is 4. The molecule has 1 fully saturated rings. The lowest BCUT2D eigenvalue weighted by Crippen LogP contribution is -2.39. The molecule has 0 amide bonds. The number of benzene rings is 1. The molecule has 0 spiro atoms. The molecule has 2 N–H and O–H groups in total.